The molecule has 6 heteroatoms. The molecule has 0 aromatic heterocycles. The molecule has 1 amide bonds. The molecule has 0 aliphatic rings. The molecule has 0 spiro atoms. The molecule has 1 aromatic rings. The number of benzene rings is 1. The molecular weight excluding hydrogens is 314 g/mol. The Kier molecular flexibility index (Phi) is 6.38. The first-order chi connectivity index (χ1) is 10.5. The Morgan fingerprint density at radius 3 is 2.35 bits per heavy atom. The molecule has 5 nitrogen and oxygen atoms in total. The normalized spacial score (nSPS) is 14.2. The van der Waals surface area contributed by atoms with Crippen LogP contribution in [0.3, 0.4) is 0 Å². The molecule has 0 aliphatic carbocycles. The Hall–Kier alpha value is -1.82. The molecule has 0 radical (unpaired) electrons. The number of aliphatic hydroxyl groups excluding tert-OH is 1. The summed E-state index contributed by atoms with van der Waals surface area (Å²) in [5.41, 5.74) is 0.302. The summed E-state index contributed by atoms with van der Waals surface area (Å²) in [4.78, 5) is 12.0. The van der Waals surface area contributed by atoms with E-state index < -0.39 is 27.7 Å². The number of hydrogen-bond acceptors (Lipinski definition) is 4. The maximum Gasteiger partial charge on any atom is 0.408 e. The standard InChI is InChI=1S/C17H25NO4S/c1-17(2,3)22-16(20)18-14(15(19)12-23(4,5)21)11-13-9-7-6-8-10-13/h6-10,12,14H,11H2,1-5H3,(H-,18,19,20,21)/p+1/t14-/m1/s1. The highest BCUT2D eigenvalue weighted by Gasteiger charge is 2.24. The zero-order chi connectivity index (χ0) is 17.7. The minimum Gasteiger partial charge on any atom is -0.506 e. The van der Waals surface area contributed by atoms with Crippen LogP contribution in [0.15, 0.2) is 41.5 Å². The lowest BCUT2D eigenvalue weighted by atomic mass is 10.1. The highest BCUT2D eigenvalue weighted by atomic mass is 32.2. The lowest BCUT2D eigenvalue weighted by Crippen LogP contribution is -2.41. The molecule has 1 rings (SSSR count). The van der Waals surface area contributed by atoms with E-state index in [1.165, 1.54) is 17.9 Å². The maximum atomic E-state index is 12.0. The molecule has 23 heavy (non-hydrogen) atoms. The van der Waals surface area contributed by atoms with Gasteiger partial charge in [-0.25, -0.2) is 4.79 Å². The smallest absolute Gasteiger partial charge is 0.408 e. The third kappa shape index (κ3) is 8.40. The number of carbonyl (C=O) groups excluding carboxylic acids is 1. The Labute approximate surface area is 139 Å². The van der Waals surface area contributed by atoms with Crippen LogP contribution >= 0.6 is 0 Å². The van der Waals surface area contributed by atoms with E-state index in [-0.39, 0.29) is 5.76 Å². The minimum absolute atomic E-state index is 0.130. The van der Waals surface area contributed by atoms with Crippen LogP contribution < -0.4 is 5.32 Å². The summed E-state index contributed by atoms with van der Waals surface area (Å²) in [5, 5.41) is 14.2. The lowest BCUT2D eigenvalue weighted by molar-refractivity contribution is 0.0501. The van der Waals surface area contributed by atoms with Gasteiger partial charge in [-0.1, -0.05) is 30.3 Å². The average Bonchev–Trinajstić information content (AvgIpc) is 2.34. The summed E-state index contributed by atoms with van der Waals surface area (Å²) >= 11 is 0. The van der Waals surface area contributed by atoms with Crippen molar-refractivity contribution in [1.82, 2.24) is 5.32 Å². The molecule has 0 bridgehead atoms. The predicted molar refractivity (Wildman–Crippen MR) is 93.9 cm³/mol. The minimum atomic E-state index is -2.29. The van der Waals surface area contributed by atoms with Crippen molar-refractivity contribution >= 4 is 16.0 Å². The lowest BCUT2D eigenvalue weighted by Gasteiger charge is -2.23. The van der Waals surface area contributed by atoms with Crippen LogP contribution in [-0.2, 0) is 25.3 Å². The highest BCUT2D eigenvalue weighted by molar-refractivity contribution is 8.04. The van der Waals surface area contributed by atoms with E-state index >= 15 is 0 Å². The summed E-state index contributed by atoms with van der Waals surface area (Å²) in [5.74, 6) is -0.130. The molecule has 0 heterocycles. The highest BCUT2D eigenvalue weighted by Crippen LogP contribution is 2.13. The van der Waals surface area contributed by atoms with Crippen molar-refractivity contribution in [2.45, 2.75) is 38.8 Å². The Balaban J connectivity index is 2.95. The third-order valence-corrected chi connectivity index (χ3v) is 3.54. The van der Waals surface area contributed by atoms with Gasteiger partial charge in [0.25, 0.3) is 0 Å². The van der Waals surface area contributed by atoms with E-state index in [1.807, 2.05) is 30.3 Å². The number of ether oxygens (including phenoxy) is 1. The van der Waals surface area contributed by atoms with E-state index in [1.54, 1.807) is 20.8 Å². The van der Waals surface area contributed by atoms with Gasteiger partial charge in [0.1, 0.15) is 28.0 Å². The van der Waals surface area contributed by atoms with Gasteiger partial charge in [0, 0.05) is 6.42 Å². The maximum absolute atomic E-state index is 12.0. The van der Waals surface area contributed by atoms with Crippen molar-refractivity contribution in [3.05, 3.63) is 47.1 Å². The van der Waals surface area contributed by atoms with Crippen LogP contribution in [0.25, 0.3) is 0 Å². The number of aliphatic hydroxyl groups is 1. The van der Waals surface area contributed by atoms with Gasteiger partial charge in [-0.15, -0.1) is 4.21 Å². The zero-order valence-corrected chi connectivity index (χ0v) is 15.1. The van der Waals surface area contributed by atoms with E-state index in [2.05, 4.69) is 5.32 Å². The van der Waals surface area contributed by atoms with Crippen LogP contribution in [0.4, 0.5) is 4.79 Å². The van der Waals surface area contributed by atoms with Crippen LogP contribution in [-0.4, -0.2) is 35.4 Å². The SMILES string of the molecule is CC(C)(C)OC(=O)N[C@H](Cc1ccccc1)/C(O)=C/[S+](C)(C)=O. The molecule has 128 valence electrons. The second-order valence-corrected chi connectivity index (χ2v) is 9.59. The van der Waals surface area contributed by atoms with Gasteiger partial charge >= 0.3 is 6.09 Å². The molecule has 0 saturated carbocycles. The molecule has 2 N–H and O–H groups in total. The topological polar surface area (TPSA) is 75.6 Å². The van der Waals surface area contributed by atoms with Crippen LogP contribution in [0.5, 0.6) is 0 Å². The fraction of sp³-hybridized carbons (Fsp3) is 0.471. The van der Waals surface area contributed by atoms with E-state index in [4.69, 9.17) is 4.74 Å². The van der Waals surface area contributed by atoms with Crippen LogP contribution in [0.1, 0.15) is 26.3 Å². The molecule has 0 saturated heterocycles. The number of alkyl carbamates (subject to hydrolysis) is 1. The van der Waals surface area contributed by atoms with Crippen molar-refractivity contribution in [2.75, 3.05) is 12.5 Å². The summed E-state index contributed by atoms with van der Waals surface area (Å²) in [6.45, 7) is 5.29. The number of carbonyl (C=O) groups is 1. The van der Waals surface area contributed by atoms with Crippen molar-refractivity contribution in [1.29, 1.82) is 0 Å². The summed E-state index contributed by atoms with van der Waals surface area (Å²) in [6.07, 6.45) is 2.79. The van der Waals surface area contributed by atoms with Gasteiger partial charge in [-0.05, 0) is 26.3 Å². The largest absolute Gasteiger partial charge is 0.506 e. The quantitative estimate of drug-likeness (QED) is 0.637. The van der Waals surface area contributed by atoms with Crippen molar-refractivity contribution in [3.63, 3.8) is 0 Å². The second-order valence-electron chi connectivity index (χ2n) is 6.74. The Bertz CT molecular complexity index is 599. The zero-order valence-electron chi connectivity index (χ0n) is 14.3. The van der Waals surface area contributed by atoms with Crippen LogP contribution in [0.2, 0.25) is 0 Å². The number of amides is 1. The third-order valence-electron chi connectivity index (χ3n) is 2.74. The fourth-order valence-electron chi connectivity index (χ4n) is 1.90. The van der Waals surface area contributed by atoms with E-state index in [0.717, 1.165) is 5.56 Å². The predicted octanol–water partition coefficient (Wildman–Crippen LogP) is 3.28. The van der Waals surface area contributed by atoms with E-state index in [0.29, 0.717) is 6.42 Å². The van der Waals surface area contributed by atoms with Gasteiger partial charge in [0.05, 0.1) is 6.04 Å². The molecule has 1 aromatic carbocycles. The average molecular weight is 340 g/mol. The van der Waals surface area contributed by atoms with Gasteiger partial charge in [-0.3, -0.25) is 0 Å². The first-order valence-electron chi connectivity index (χ1n) is 7.34. The second kappa shape index (κ2) is 7.64. The van der Waals surface area contributed by atoms with Gasteiger partial charge in [-0.2, -0.15) is 0 Å². The number of hydrogen-bond donors (Lipinski definition) is 2. The first-order valence-corrected chi connectivity index (χ1v) is 9.78. The molecule has 0 fully saturated rings. The first kappa shape index (κ1) is 19.2. The summed E-state index contributed by atoms with van der Waals surface area (Å²) < 4.78 is 17.1. The van der Waals surface area contributed by atoms with E-state index in [9.17, 15) is 14.1 Å². The molecule has 0 unspecified atom stereocenters. The van der Waals surface area contributed by atoms with Crippen molar-refractivity contribution in [3.8, 4) is 0 Å². The van der Waals surface area contributed by atoms with Crippen LogP contribution in [0, 0.1) is 0 Å². The molecule has 0 aliphatic heterocycles. The summed E-state index contributed by atoms with van der Waals surface area (Å²) in [7, 11) is -2.29. The molecule has 1 atom stereocenters. The fourth-order valence-corrected chi connectivity index (χ4v) is 2.65. The molecular formula is C17H26NO4S+. The monoisotopic (exact) mass is 340 g/mol. The Morgan fingerprint density at radius 2 is 1.87 bits per heavy atom. The van der Waals surface area contributed by atoms with Crippen molar-refractivity contribution in [2.24, 2.45) is 0 Å². The van der Waals surface area contributed by atoms with Crippen molar-refractivity contribution < 1.29 is 18.8 Å². The summed E-state index contributed by atoms with van der Waals surface area (Å²) in [6, 6.07) is 8.74. The van der Waals surface area contributed by atoms with Gasteiger partial charge in [0.15, 0.2) is 11.2 Å². The van der Waals surface area contributed by atoms with Gasteiger partial charge in [0.2, 0.25) is 0 Å². The Morgan fingerprint density at radius 1 is 1.30 bits per heavy atom. The van der Waals surface area contributed by atoms with Gasteiger partial charge < -0.3 is 15.2 Å². The number of rotatable bonds is 5. The number of nitrogens with one attached hydrogen (secondary N) is 1.